The van der Waals surface area contributed by atoms with Crippen LogP contribution in [0.15, 0.2) is 66.0 Å². The molecule has 0 spiro atoms. The summed E-state index contributed by atoms with van der Waals surface area (Å²) in [5.41, 5.74) is 0.413. The number of carbonyl (C=O) groups is 2. The number of aliphatic carboxylic acids is 1. The van der Waals surface area contributed by atoms with E-state index in [0.717, 1.165) is 10.2 Å². The minimum absolute atomic E-state index is 0.0590. The van der Waals surface area contributed by atoms with Crippen molar-refractivity contribution in [3.63, 3.8) is 0 Å². The van der Waals surface area contributed by atoms with Crippen LogP contribution < -0.4 is 5.32 Å². The molecule has 0 saturated heterocycles. The Bertz CT molecular complexity index is 1320. The summed E-state index contributed by atoms with van der Waals surface area (Å²) < 4.78 is 47.3. The third kappa shape index (κ3) is 5.30. The van der Waals surface area contributed by atoms with E-state index in [2.05, 4.69) is 15.3 Å². The molecule has 33 heavy (non-hydrogen) atoms. The van der Waals surface area contributed by atoms with Gasteiger partial charge in [0.25, 0.3) is 10.0 Å². The predicted molar refractivity (Wildman–Crippen MR) is 114 cm³/mol. The van der Waals surface area contributed by atoms with Gasteiger partial charge in [-0.2, -0.15) is 4.39 Å². The minimum Gasteiger partial charge on any atom is -0.478 e. The largest absolute Gasteiger partial charge is 0.478 e. The van der Waals surface area contributed by atoms with Crippen molar-refractivity contribution < 1.29 is 32.2 Å². The third-order valence-electron chi connectivity index (χ3n) is 4.42. The maximum Gasteiger partial charge on any atom is 0.332 e. The molecule has 3 aromatic rings. The molecule has 0 saturated carbocycles. The smallest absolute Gasteiger partial charge is 0.332 e. The Morgan fingerprint density at radius 3 is 2.64 bits per heavy atom. The maximum atomic E-state index is 14.7. The number of hydrogen-bond acceptors (Lipinski definition) is 8. The second-order valence-electron chi connectivity index (χ2n) is 6.72. The zero-order valence-corrected chi connectivity index (χ0v) is 18.3. The summed E-state index contributed by atoms with van der Waals surface area (Å²) in [7, 11) is -2.77. The molecular formula is C21H19FN4O6S. The van der Waals surface area contributed by atoms with Gasteiger partial charge in [-0.1, -0.05) is 0 Å². The van der Waals surface area contributed by atoms with E-state index in [9.17, 15) is 22.4 Å². The number of esters is 1. The van der Waals surface area contributed by atoms with Crippen LogP contribution in [0.2, 0.25) is 0 Å². The molecule has 0 aliphatic heterocycles. The van der Waals surface area contributed by atoms with Gasteiger partial charge in [-0.15, -0.1) is 0 Å². The molecule has 3 aromatic heterocycles. The number of nitrogens with zero attached hydrogens (tertiary/aromatic N) is 3. The van der Waals surface area contributed by atoms with Crippen LogP contribution in [0.3, 0.4) is 0 Å². The Morgan fingerprint density at radius 1 is 1.27 bits per heavy atom. The van der Waals surface area contributed by atoms with E-state index in [1.807, 2.05) is 0 Å². The highest BCUT2D eigenvalue weighted by atomic mass is 32.2. The number of aromatic nitrogens is 3. The van der Waals surface area contributed by atoms with E-state index in [1.165, 1.54) is 49.8 Å². The fourth-order valence-corrected chi connectivity index (χ4v) is 4.26. The highest BCUT2D eigenvalue weighted by Gasteiger charge is 2.27. The standard InChI is InChI=1S/C21H19FN4O6S/c1-13-5-6-16(20(22)25-13)17-10-14(21(23-2)32-19(29)8-7-18(27)28)12-26(17)33(30,31)15-4-3-9-24-11-15/h3-12,21,23H,1-2H3,(H,27,28)/b8-7+. The number of nitrogens with one attached hydrogen (secondary N) is 1. The molecule has 12 heteroatoms. The first-order chi connectivity index (χ1) is 15.6. The number of rotatable bonds is 8. The van der Waals surface area contributed by atoms with Crippen molar-refractivity contribution in [3.8, 4) is 11.3 Å². The number of carboxylic acid groups (broad SMARTS) is 1. The second-order valence-corrected chi connectivity index (χ2v) is 8.53. The normalized spacial score (nSPS) is 12.6. The Hall–Kier alpha value is -3.90. The van der Waals surface area contributed by atoms with Crippen molar-refractivity contribution in [2.24, 2.45) is 0 Å². The summed E-state index contributed by atoms with van der Waals surface area (Å²) >= 11 is 0. The molecule has 0 aliphatic carbocycles. The Balaban J connectivity index is 2.14. The van der Waals surface area contributed by atoms with E-state index < -0.39 is 34.1 Å². The van der Waals surface area contributed by atoms with Gasteiger partial charge in [-0.05, 0) is 44.3 Å². The number of hydrogen-bond donors (Lipinski definition) is 2. The number of aryl methyl sites for hydroxylation is 1. The van der Waals surface area contributed by atoms with Gasteiger partial charge in [-0.25, -0.2) is 27.0 Å². The third-order valence-corrected chi connectivity index (χ3v) is 6.08. The first-order valence-corrected chi connectivity index (χ1v) is 10.9. The van der Waals surface area contributed by atoms with Crippen molar-refractivity contribution in [1.29, 1.82) is 0 Å². The van der Waals surface area contributed by atoms with Gasteiger partial charge in [0, 0.05) is 42.0 Å². The lowest BCUT2D eigenvalue weighted by Gasteiger charge is -2.14. The highest BCUT2D eigenvalue weighted by molar-refractivity contribution is 7.90. The molecule has 1 unspecified atom stereocenters. The van der Waals surface area contributed by atoms with E-state index in [-0.39, 0.29) is 21.7 Å². The van der Waals surface area contributed by atoms with Gasteiger partial charge >= 0.3 is 11.9 Å². The first kappa shape index (κ1) is 23.8. The Labute approximate surface area is 188 Å². The molecule has 0 amide bonds. The highest BCUT2D eigenvalue weighted by Crippen LogP contribution is 2.31. The molecule has 10 nitrogen and oxygen atoms in total. The number of halogens is 1. The van der Waals surface area contributed by atoms with E-state index in [1.54, 1.807) is 6.92 Å². The molecular weight excluding hydrogens is 455 g/mol. The Kier molecular flexibility index (Phi) is 6.99. The molecule has 2 N–H and O–H groups in total. The fraction of sp³-hybridized carbons (Fsp3) is 0.143. The molecule has 3 heterocycles. The number of carbonyl (C=O) groups excluding carboxylic acids is 1. The van der Waals surface area contributed by atoms with Gasteiger partial charge in [-0.3, -0.25) is 10.3 Å². The SMILES string of the molecule is CNC(OC(=O)/C=C/C(=O)O)c1cc(-c2ccc(C)nc2F)n(S(=O)(=O)c2cccnc2)c1. The van der Waals surface area contributed by atoms with Crippen molar-refractivity contribution >= 4 is 22.0 Å². The summed E-state index contributed by atoms with van der Waals surface area (Å²) in [5, 5.41) is 11.3. The minimum atomic E-state index is -4.22. The molecule has 0 bridgehead atoms. The van der Waals surface area contributed by atoms with Crippen LogP contribution in [0.4, 0.5) is 4.39 Å². The lowest BCUT2D eigenvalue weighted by atomic mass is 10.1. The van der Waals surface area contributed by atoms with Crippen LogP contribution in [0, 0.1) is 12.9 Å². The average molecular weight is 474 g/mol. The van der Waals surface area contributed by atoms with Crippen molar-refractivity contribution in [1.82, 2.24) is 19.3 Å². The number of pyridine rings is 2. The Morgan fingerprint density at radius 2 is 2.03 bits per heavy atom. The van der Waals surface area contributed by atoms with Crippen molar-refractivity contribution in [2.75, 3.05) is 7.05 Å². The topological polar surface area (TPSA) is 140 Å². The van der Waals surface area contributed by atoms with E-state index in [0.29, 0.717) is 17.8 Å². The van der Waals surface area contributed by atoms with Gasteiger partial charge in [0.05, 0.1) is 11.3 Å². The molecule has 3 rings (SSSR count). The van der Waals surface area contributed by atoms with E-state index >= 15 is 0 Å². The first-order valence-electron chi connectivity index (χ1n) is 9.43. The van der Waals surface area contributed by atoms with Gasteiger partial charge in [0.2, 0.25) is 5.95 Å². The summed E-state index contributed by atoms with van der Waals surface area (Å²) in [5.74, 6) is -3.21. The maximum absolute atomic E-state index is 14.7. The van der Waals surface area contributed by atoms with E-state index in [4.69, 9.17) is 9.84 Å². The summed E-state index contributed by atoms with van der Waals surface area (Å²) in [4.78, 5) is 30.0. The zero-order valence-electron chi connectivity index (χ0n) is 17.5. The van der Waals surface area contributed by atoms with Gasteiger partial charge < -0.3 is 9.84 Å². The molecule has 0 fully saturated rings. The average Bonchev–Trinajstić information content (AvgIpc) is 3.22. The lowest BCUT2D eigenvalue weighted by molar-refractivity contribution is -0.145. The molecule has 0 aromatic carbocycles. The van der Waals surface area contributed by atoms with Crippen molar-refractivity contribution in [3.05, 3.63) is 78.3 Å². The van der Waals surface area contributed by atoms with Crippen LogP contribution in [-0.4, -0.2) is 46.5 Å². The number of ether oxygens (including phenoxy) is 1. The summed E-state index contributed by atoms with van der Waals surface area (Å²) in [6.07, 6.45) is 3.88. The predicted octanol–water partition coefficient (Wildman–Crippen LogP) is 2.03. The van der Waals surface area contributed by atoms with Gasteiger partial charge in [0.15, 0.2) is 6.23 Å². The zero-order chi connectivity index (χ0) is 24.2. The van der Waals surface area contributed by atoms with Crippen LogP contribution in [-0.2, 0) is 24.3 Å². The fourth-order valence-electron chi connectivity index (χ4n) is 2.92. The quantitative estimate of drug-likeness (QED) is 0.217. The van der Waals surface area contributed by atoms with Crippen LogP contribution in [0.1, 0.15) is 17.5 Å². The van der Waals surface area contributed by atoms with Crippen LogP contribution in [0.5, 0.6) is 0 Å². The number of carboxylic acids is 1. The molecule has 1 atom stereocenters. The van der Waals surface area contributed by atoms with Crippen molar-refractivity contribution in [2.45, 2.75) is 18.0 Å². The molecule has 172 valence electrons. The molecule has 0 aliphatic rings. The monoisotopic (exact) mass is 474 g/mol. The summed E-state index contributed by atoms with van der Waals surface area (Å²) in [6, 6.07) is 7.03. The molecule has 0 radical (unpaired) electrons. The van der Waals surface area contributed by atoms with Crippen LogP contribution >= 0.6 is 0 Å². The lowest BCUT2D eigenvalue weighted by Crippen LogP contribution is -2.22. The van der Waals surface area contributed by atoms with Gasteiger partial charge in [0.1, 0.15) is 4.90 Å². The second kappa shape index (κ2) is 9.71. The summed E-state index contributed by atoms with van der Waals surface area (Å²) in [6.45, 7) is 1.59. The van der Waals surface area contributed by atoms with Crippen LogP contribution in [0.25, 0.3) is 11.3 Å².